The second-order valence-corrected chi connectivity index (χ2v) is 6.74. The van der Waals surface area contributed by atoms with Crippen molar-refractivity contribution >= 4 is 29.9 Å². The fourth-order valence-corrected chi connectivity index (χ4v) is 3.42. The Morgan fingerprint density at radius 2 is 2.11 bits per heavy atom. The predicted molar refractivity (Wildman–Crippen MR) is 118 cm³/mol. The number of likely N-dealkylation sites (tertiary alicyclic amines) is 1. The maximum atomic E-state index is 4.84. The summed E-state index contributed by atoms with van der Waals surface area (Å²) in [5, 5.41) is 10.4. The van der Waals surface area contributed by atoms with Gasteiger partial charge in [0, 0.05) is 51.0 Å². The van der Waals surface area contributed by atoms with Gasteiger partial charge in [0.1, 0.15) is 18.0 Å². The Balaban J connectivity index is 0.00000261. The van der Waals surface area contributed by atoms with E-state index in [0.29, 0.717) is 5.92 Å². The number of hydrogen-bond acceptors (Lipinski definition) is 4. The van der Waals surface area contributed by atoms with Gasteiger partial charge >= 0.3 is 0 Å². The number of aliphatic imine (C=N–C) groups is 1. The van der Waals surface area contributed by atoms with E-state index in [9.17, 15) is 0 Å². The van der Waals surface area contributed by atoms with E-state index >= 15 is 0 Å². The zero-order valence-electron chi connectivity index (χ0n) is 16.3. The molecular weight excluding hydrogens is 455 g/mol. The van der Waals surface area contributed by atoms with Crippen LogP contribution in [0.2, 0.25) is 0 Å². The van der Waals surface area contributed by atoms with Crippen LogP contribution >= 0.6 is 24.0 Å². The molecular formula is C18H31IN8. The highest BCUT2D eigenvalue weighted by Gasteiger charge is 2.24. The van der Waals surface area contributed by atoms with Gasteiger partial charge in [-0.25, -0.2) is 9.97 Å². The smallest absolute Gasteiger partial charge is 0.193 e. The molecule has 0 radical (unpaired) electrons. The molecule has 0 atom stereocenters. The summed E-state index contributed by atoms with van der Waals surface area (Å²) in [5.41, 5.74) is 0. The monoisotopic (exact) mass is 486 g/mol. The molecule has 1 aliphatic heterocycles. The lowest BCUT2D eigenvalue weighted by Crippen LogP contribution is -2.45. The molecule has 9 heteroatoms. The number of aromatic nitrogens is 5. The van der Waals surface area contributed by atoms with Crippen LogP contribution in [0.15, 0.2) is 23.7 Å². The van der Waals surface area contributed by atoms with Crippen LogP contribution < -0.4 is 5.32 Å². The third-order valence-electron chi connectivity index (χ3n) is 4.94. The van der Waals surface area contributed by atoms with Crippen LogP contribution in [-0.2, 0) is 6.54 Å². The number of nitrogens with zero attached hydrogens (tertiary/aromatic N) is 6. The highest BCUT2D eigenvalue weighted by Crippen LogP contribution is 2.24. The molecule has 3 heterocycles. The number of unbranched alkanes of at least 4 members (excludes halogenated alkanes) is 1. The summed E-state index contributed by atoms with van der Waals surface area (Å²) < 4.78 is 2.20. The topological polar surface area (TPSA) is 87.0 Å². The number of hydrogen-bond donors (Lipinski definition) is 2. The zero-order valence-corrected chi connectivity index (χ0v) is 18.6. The summed E-state index contributed by atoms with van der Waals surface area (Å²) in [6, 6.07) is 0. The number of nitrogens with one attached hydrogen (secondary N) is 2. The first-order chi connectivity index (χ1) is 12.8. The molecule has 1 fully saturated rings. The van der Waals surface area contributed by atoms with Crippen molar-refractivity contribution in [2.24, 2.45) is 4.99 Å². The average Bonchev–Trinajstić information content (AvgIpc) is 3.33. The number of guanidine groups is 1. The maximum Gasteiger partial charge on any atom is 0.193 e. The molecule has 3 rings (SSSR count). The van der Waals surface area contributed by atoms with Crippen molar-refractivity contribution in [3.05, 3.63) is 30.4 Å². The highest BCUT2D eigenvalue weighted by molar-refractivity contribution is 14.0. The van der Waals surface area contributed by atoms with E-state index in [4.69, 9.17) is 4.99 Å². The van der Waals surface area contributed by atoms with Crippen LogP contribution in [0.1, 0.15) is 50.2 Å². The van der Waals surface area contributed by atoms with Gasteiger partial charge in [-0.2, -0.15) is 5.10 Å². The van der Waals surface area contributed by atoms with Gasteiger partial charge in [0.05, 0.1) is 0 Å². The van der Waals surface area contributed by atoms with E-state index in [2.05, 4.69) is 41.9 Å². The van der Waals surface area contributed by atoms with Crippen molar-refractivity contribution in [2.75, 3.05) is 26.2 Å². The highest BCUT2D eigenvalue weighted by atomic mass is 127. The molecule has 0 spiro atoms. The van der Waals surface area contributed by atoms with Crippen molar-refractivity contribution in [2.45, 2.75) is 52.0 Å². The van der Waals surface area contributed by atoms with E-state index in [1.165, 1.54) is 0 Å². The maximum absolute atomic E-state index is 4.84. The molecule has 2 N–H and O–H groups in total. The summed E-state index contributed by atoms with van der Waals surface area (Å²) in [4.78, 5) is 15.8. The van der Waals surface area contributed by atoms with Crippen LogP contribution in [0.4, 0.5) is 0 Å². The van der Waals surface area contributed by atoms with Gasteiger partial charge in [0.2, 0.25) is 0 Å². The van der Waals surface area contributed by atoms with Gasteiger partial charge in [-0.05, 0) is 39.5 Å². The minimum absolute atomic E-state index is 0. The zero-order chi connectivity index (χ0) is 18.2. The van der Waals surface area contributed by atoms with Crippen LogP contribution in [0.25, 0.3) is 0 Å². The number of piperidine rings is 1. The van der Waals surface area contributed by atoms with E-state index in [1.54, 1.807) is 6.33 Å². The van der Waals surface area contributed by atoms with Crippen molar-refractivity contribution in [1.82, 2.24) is 34.9 Å². The van der Waals surface area contributed by atoms with Gasteiger partial charge in [0.15, 0.2) is 5.96 Å². The van der Waals surface area contributed by atoms with E-state index in [0.717, 1.165) is 76.0 Å². The van der Waals surface area contributed by atoms with Crippen molar-refractivity contribution in [3.63, 3.8) is 0 Å². The molecule has 27 heavy (non-hydrogen) atoms. The summed E-state index contributed by atoms with van der Waals surface area (Å²) in [6.07, 6.45) is 9.87. The van der Waals surface area contributed by atoms with Crippen molar-refractivity contribution in [3.8, 4) is 0 Å². The third-order valence-corrected chi connectivity index (χ3v) is 4.94. The first kappa shape index (κ1) is 21.6. The molecule has 0 amide bonds. The molecule has 0 unspecified atom stereocenters. The van der Waals surface area contributed by atoms with E-state index < -0.39 is 0 Å². The molecule has 2 aromatic rings. The molecule has 0 saturated carbocycles. The molecule has 2 aromatic heterocycles. The summed E-state index contributed by atoms with van der Waals surface area (Å²) in [6.45, 7) is 8.95. The van der Waals surface area contributed by atoms with Crippen molar-refractivity contribution in [1.29, 1.82) is 0 Å². The Morgan fingerprint density at radius 3 is 2.74 bits per heavy atom. The third kappa shape index (κ3) is 6.18. The normalized spacial score (nSPS) is 15.6. The first-order valence-corrected chi connectivity index (χ1v) is 9.64. The summed E-state index contributed by atoms with van der Waals surface area (Å²) in [5.74, 6) is 3.62. The Labute approximate surface area is 178 Å². The Morgan fingerprint density at radius 1 is 1.30 bits per heavy atom. The Bertz CT molecular complexity index is 673. The van der Waals surface area contributed by atoms with Gasteiger partial charge in [-0.3, -0.25) is 10.1 Å². The van der Waals surface area contributed by atoms with Crippen LogP contribution in [0.5, 0.6) is 0 Å². The quantitative estimate of drug-likeness (QED) is 0.272. The second kappa shape index (κ2) is 11.3. The number of H-pyrrole nitrogens is 1. The van der Waals surface area contributed by atoms with Crippen LogP contribution in [0.3, 0.4) is 0 Å². The Kier molecular flexibility index (Phi) is 9.02. The average molecular weight is 486 g/mol. The van der Waals surface area contributed by atoms with Crippen molar-refractivity contribution < 1.29 is 0 Å². The lowest BCUT2D eigenvalue weighted by molar-refractivity contribution is 0.299. The van der Waals surface area contributed by atoms with E-state index in [1.807, 2.05) is 19.3 Å². The van der Waals surface area contributed by atoms with Crippen LogP contribution in [0, 0.1) is 6.92 Å². The van der Waals surface area contributed by atoms with Gasteiger partial charge in [-0.15, -0.1) is 24.0 Å². The molecule has 1 aliphatic rings. The Hall–Kier alpha value is -1.65. The predicted octanol–water partition coefficient (Wildman–Crippen LogP) is 2.55. The van der Waals surface area contributed by atoms with Gasteiger partial charge in [0.25, 0.3) is 0 Å². The molecule has 0 aliphatic carbocycles. The van der Waals surface area contributed by atoms with Crippen LogP contribution in [-0.4, -0.2) is 61.8 Å². The number of aromatic amines is 1. The summed E-state index contributed by atoms with van der Waals surface area (Å²) in [7, 11) is 0. The number of halogens is 1. The lowest BCUT2D eigenvalue weighted by Gasteiger charge is -2.33. The first-order valence-electron chi connectivity index (χ1n) is 9.64. The summed E-state index contributed by atoms with van der Waals surface area (Å²) >= 11 is 0. The van der Waals surface area contributed by atoms with E-state index in [-0.39, 0.29) is 24.0 Å². The standard InChI is InChI=1S/C18H30N8.HI/c1-3-19-18(21-8-4-5-10-25-13-9-20-15(25)2)26-11-6-16(7-12-26)17-22-14-23-24-17;/h9,13-14,16H,3-8,10-12H2,1-2H3,(H,19,21)(H,22,23,24);1H. The minimum atomic E-state index is 0. The molecule has 0 aromatic carbocycles. The lowest BCUT2D eigenvalue weighted by atomic mass is 9.96. The fraction of sp³-hybridized carbons (Fsp3) is 0.667. The SMILES string of the molecule is CCNC(=NCCCCn1ccnc1C)N1CCC(c2ncn[nH]2)CC1.I. The number of imidazole rings is 1. The van der Waals surface area contributed by atoms with Gasteiger partial charge in [-0.1, -0.05) is 0 Å². The number of rotatable bonds is 7. The second-order valence-electron chi connectivity index (χ2n) is 6.74. The molecule has 1 saturated heterocycles. The molecule has 8 nitrogen and oxygen atoms in total. The molecule has 0 bridgehead atoms. The fourth-order valence-electron chi connectivity index (χ4n) is 3.42. The minimum Gasteiger partial charge on any atom is -0.357 e. The molecule has 150 valence electrons. The van der Waals surface area contributed by atoms with Gasteiger partial charge < -0.3 is 14.8 Å². The number of aryl methyl sites for hydroxylation is 2. The largest absolute Gasteiger partial charge is 0.357 e.